The molecule has 11 heavy (non-hydrogen) atoms. The van der Waals surface area contributed by atoms with Gasteiger partial charge in [-0.3, -0.25) is 5.41 Å². The molecule has 68 valence electrons. The molecule has 6 N–H and O–H groups in total. The fourth-order valence-corrected chi connectivity index (χ4v) is 0.300. The number of hydrogen-bond donors (Lipinski definition) is 4. The maximum Gasteiger partial charge on any atom is 0.183 e. The lowest BCUT2D eigenvalue weighted by Crippen LogP contribution is -2.36. The van der Waals surface area contributed by atoms with Gasteiger partial charge >= 0.3 is 0 Å². The van der Waals surface area contributed by atoms with Crippen molar-refractivity contribution in [3.8, 4) is 0 Å². The second-order valence-corrected chi connectivity index (χ2v) is 3.19. The summed E-state index contributed by atoms with van der Waals surface area (Å²) in [5.74, 6) is -0.333. The lowest BCUT2D eigenvalue weighted by Gasteiger charge is -2.21. The van der Waals surface area contributed by atoms with Gasteiger partial charge in [0.25, 0.3) is 0 Å². The van der Waals surface area contributed by atoms with E-state index in [4.69, 9.17) is 10.5 Å². The van der Waals surface area contributed by atoms with Crippen LogP contribution in [0.5, 0.6) is 0 Å². The molecule has 0 saturated carbocycles. The summed E-state index contributed by atoms with van der Waals surface area (Å²) >= 11 is 0. The first kappa shape index (κ1) is 12.8. The molecule has 0 aliphatic carbocycles. The minimum absolute atomic E-state index is 0.281. The van der Waals surface area contributed by atoms with Crippen molar-refractivity contribution in [3.05, 3.63) is 0 Å². The van der Waals surface area contributed by atoms with Gasteiger partial charge in [-0.05, 0) is 0 Å². The summed E-state index contributed by atoms with van der Waals surface area (Å²) in [5, 5.41) is 14.4. The molecule has 5 nitrogen and oxygen atoms in total. The molecule has 0 aliphatic heterocycles. The van der Waals surface area contributed by atoms with Crippen LogP contribution in [0.2, 0.25) is 0 Å². The van der Waals surface area contributed by atoms with E-state index in [9.17, 15) is 0 Å². The number of rotatable bonds is 2. The fraction of sp³-hybridized carbons (Fsp3) is 0.833. The number of nitrogens with one attached hydrogen (secondary N) is 1. The fourth-order valence-electron chi connectivity index (χ4n) is 0.300. The first-order chi connectivity index (χ1) is 4.79. The molecule has 0 aromatic heterocycles. The highest BCUT2D eigenvalue weighted by molar-refractivity contribution is 5.71. The van der Waals surface area contributed by atoms with Gasteiger partial charge in [0, 0.05) is 0 Å². The van der Waals surface area contributed by atoms with Crippen LogP contribution in [0.1, 0.15) is 0 Å². The van der Waals surface area contributed by atoms with Crippen LogP contribution in [-0.2, 0) is 0 Å². The van der Waals surface area contributed by atoms with Gasteiger partial charge in [-0.1, -0.05) is 0 Å². The number of hydrogen-bond acceptors (Lipinski definition) is 2. The highest BCUT2D eigenvalue weighted by Crippen LogP contribution is 1.84. The zero-order chi connectivity index (χ0) is 9.49. The molecular formula is C6H19N4O+. The summed E-state index contributed by atoms with van der Waals surface area (Å²) in [6, 6.07) is 0. The van der Waals surface area contributed by atoms with Crippen LogP contribution >= 0.6 is 0 Å². The number of nitrogens with zero attached hydrogens (tertiary/aromatic N) is 1. The quantitative estimate of drug-likeness (QED) is 0.227. The van der Waals surface area contributed by atoms with Crippen LogP contribution in [0.3, 0.4) is 0 Å². The summed E-state index contributed by atoms with van der Waals surface area (Å²) < 4.78 is 0.844. The minimum atomic E-state index is -0.333. The highest BCUT2D eigenvalue weighted by Gasteiger charge is 2.02. The molecule has 0 amide bonds. The van der Waals surface area contributed by atoms with Gasteiger partial charge < -0.3 is 21.1 Å². The van der Waals surface area contributed by atoms with Crippen molar-refractivity contribution >= 4 is 5.96 Å². The molecule has 0 saturated heterocycles. The lowest BCUT2D eigenvalue weighted by atomic mass is 10.5. The van der Waals surface area contributed by atoms with Crippen LogP contribution in [0, 0.1) is 5.41 Å². The normalized spacial score (nSPS) is 9.82. The van der Waals surface area contributed by atoms with Gasteiger partial charge in [0.15, 0.2) is 5.96 Å². The van der Waals surface area contributed by atoms with Crippen molar-refractivity contribution in [1.82, 2.24) is 0 Å². The van der Waals surface area contributed by atoms with Crippen molar-refractivity contribution in [1.29, 1.82) is 5.41 Å². The Morgan fingerprint density at radius 1 is 1.36 bits per heavy atom. The molecule has 0 atom stereocenters. The first-order valence-electron chi connectivity index (χ1n) is 3.30. The van der Waals surface area contributed by atoms with Gasteiger partial charge in [-0.15, -0.1) is 0 Å². The highest BCUT2D eigenvalue weighted by atomic mass is 16.3. The van der Waals surface area contributed by atoms with Gasteiger partial charge in [0.2, 0.25) is 0 Å². The summed E-state index contributed by atoms with van der Waals surface area (Å²) in [7, 11) is 6.16. The van der Waals surface area contributed by atoms with Crippen molar-refractivity contribution in [3.63, 3.8) is 0 Å². The average Bonchev–Trinajstić information content (AvgIpc) is 1.58. The van der Waals surface area contributed by atoms with E-state index in [0.29, 0.717) is 0 Å². The van der Waals surface area contributed by atoms with Crippen molar-refractivity contribution < 1.29 is 9.59 Å². The Kier molecular flexibility index (Phi) is 6.92. The van der Waals surface area contributed by atoms with Crippen LogP contribution in [0.15, 0.2) is 0 Å². The molecule has 0 radical (unpaired) electrons. The number of guanidine groups is 1. The minimum Gasteiger partial charge on any atom is -0.391 e. The molecule has 0 unspecified atom stereocenters. The third kappa shape index (κ3) is 46.7. The van der Waals surface area contributed by atoms with Crippen molar-refractivity contribution in [2.75, 3.05) is 34.3 Å². The number of quaternary nitrogens is 1. The van der Waals surface area contributed by atoms with Gasteiger partial charge in [0.05, 0.1) is 27.7 Å². The Labute approximate surface area is 67.7 Å². The number of nitrogens with two attached hydrogens (primary N) is 2. The van der Waals surface area contributed by atoms with E-state index in [2.05, 4.69) is 32.6 Å². The van der Waals surface area contributed by atoms with E-state index in [1.54, 1.807) is 0 Å². The first-order valence-corrected chi connectivity index (χ1v) is 3.30. The molecule has 0 bridgehead atoms. The molecule has 0 spiro atoms. The topological polar surface area (TPSA) is 96.1 Å². The predicted octanol–water partition coefficient (Wildman–Crippen LogP) is -1.48. The van der Waals surface area contributed by atoms with Crippen LogP contribution < -0.4 is 11.5 Å². The molecule has 0 heterocycles. The molecule has 0 fully saturated rings. The van der Waals surface area contributed by atoms with Gasteiger partial charge in [0.1, 0.15) is 6.54 Å². The van der Waals surface area contributed by atoms with E-state index in [0.717, 1.165) is 11.0 Å². The van der Waals surface area contributed by atoms with Crippen molar-refractivity contribution in [2.45, 2.75) is 0 Å². The Hall–Kier alpha value is -0.810. The summed E-state index contributed by atoms with van der Waals surface area (Å²) in [6.45, 7) is 1.11. The largest absolute Gasteiger partial charge is 0.391 e. The molecule has 0 aliphatic rings. The van der Waals surface area contributed by atoms with E-state index >= 15 is 0 Å². The van der Waals surface area contributed by atoms with Crippen LogP contribution in [0.4, 0.5) is 0 Å². The van der Waals surface area contributed by atoms with Gasteiger partial charge in [-0.2, -0.15) is 0 Å². The summed E-state index contributed by atoms with van der Waals surface area (Å²) in [5.41, 5.74) is 8.94. The zero-order valence-electron chi connectivity index (χ0n) is 7.46. The van der Waals surface area contributed by atoms with E-state index in [1.165, 1.54) is 0 Å². The summed E-state index contributed by atoms with van der Waals surface area (Å²) in [6.07, 6.45) is 0. The second kappa shape index (κ2) is 5.94. The lowest BCUT2D eigenvalue weighted by molar-refractivity contribution is -0.870. The van der Waals surface area contributed by atoms with Crippen LogP contribution in [0.25, 0.3) is 0 Å². The molecular weight excluding hydrogens is 144 g/mol. The standard InChI is InChI=1S/C5H14NO.CH5N3/c1-6(2,3)4-5-7;2-1(3)4/h7H,4-5H2,1-3H3;(H5,2,3,4)/q+1;. The Bertz CT molecular complexity index is 104. The van der Waals surface area contributed by atoms with E-state index in [-0.39, 0.29) is 12.6 Å². The third-order valence-corrected chi connectivity index (χ3v) is 0.771. The third-order valence-electron chi connectivity index (χ3n) is 0.771. The average molecular weight is 163 g/mol. The maximum atomic E-state index is 8.39. The Morgan fingerprint density at radius 3 is 1.64 bits per heavy atom. The number of aliphatic hydroxyl groups is 1. The molecule has 5 heteroatoms. The Morgan fingerprint density at radius 2 is 1.64 bits per heavy atom. The SMILES string of the molecule is C[N+](C)(C)CCO.N=C(N)N. The molecule has 0 aromatic rings. The summed E-state index contributed by atoms with van der Waals surface area (Å²) in [4.78, 5) is 0. The maximum absolute atomic E-state index is 8.39. The van der Waals surface area contributed by atoms with Crippen molar-refractivity contribution in [2.24, 2.45) is 11.5 Å². The molecule has 0 aromatic carbocycles. The predicted molar refractivity (Wildman–Crippen MR) is 46.1 cm³/mol. The van der Waals surface area contributed by atoms with Gasteiger partial charge in [-0.25, -0.2) is 0 Å². The monoisotopic (exact) mass is 163 g/mol. The number of likely N-dealkylation sites (N-methyl/N-ethyl adjacent to an activating group) is 1. The number of aliphatic hydroxyl groups excluding tert-OH is 1. The van der Waals surface area contributed by atoms with Crippen LogP contribution in [-0.4, -0.2) is 49.8 Å². The second-order valence-electron chi connectivity index (χ2n) is 3.19. The van der Waals surface area contributed by atoms with E-state index < -0.39 is 0 Å². The Balaban J connectivity index is 0. The molecule has 0 rings (SSSR count). The zero-order valence-corrected chi connectivity index (χ0v) is 7.46. The smallest absolute Gasteiger partial charge is 0.183 e. The van der Waals surface area contributed by atoms with E-state index in [1.807, 2.05) is 0 Å².